The second-order valence-electron chi connectivity index (χ2n) is 5.75. The lowest BCUT2D eigenvalue weighted by molar-refractivity contribution is -0.0528. The predicted molar refractivity (Wildman–Crippen MR) is 96.9 cm³/mol. The summed E-state index contributed by atoms with van der Waals surface area (Å²) >= 11 is 6.04. The third-order valence-corrected chi connectivity index (χ3v) is 4.10. The van der Waals surface area contributed by atoms with Gasteiger partial charge in [0.2, 0.25) is 5.88 Å². The number of alkyl halides is 2. The van der Waals surface area contributed by atoms with Crippen molar-refractivity contribution in [1.82, 2.24) is 34.9 Å². The summed E-state index contributed by atoms with van der Waals surface area (Å²) in [6.45, 7) is -1.03. The van der Waals surface area contributed by atoms with Gasteiger partial charge in [-0.1, -0.05) is 11.6 Å². The second-order valence-corrected chi connectivity index (χ2v) is 6.19. The van der Waals surface area contributed by atoms with E-state index < -0.39 is 6.61 Å². The highest BCUT2D eigenvalue weighted by Crippen LogP contribution is 2.24. The van der Waals surface area contributed by atoms with Gasteiger partial charge in [0.15, 0.2) is 17.3 Å². The van der Waals surface area contributed by atoms with E-state index in [1.807, 2.05) is 6.92 Å². The van der Waals surface area contributed by atoms with Crippen molar-refractivity contribution in [2.45, 2.75) is 19.6 Å². The van der Waals surface area contributed by atoms with Crippen LogP contribution in [-0.4, -0.2) is 41.5 Å². The van der Waals surface area contributed by atoms with E-state index in [4.69, 9.17) is 11.6 Å². The van der Waals surface area contributed by atoms with Gasteiger partial charge in [-0.25, -0.2) is 19.7 Å². The minimum absolute atomic E-state index is 0.169. The first kappa shape index (κ1) is 18.0. The van der Waals surface area contributed by atoms with Crippen LogP contribution in [0.25, 0.3) is 11.2 Å². The molecule has 0 saturated carbocycles. The maximum Gasteiger partial charge on any atom is 0.388 e. The van der Waals surface area contributed by atoms with Gasteiger partial charge in [-0.2, -0.15) is 19.0 Å². The first-order valence-electron chi connectivity index (χ1n) is 8.08. The Hall–Kier alpha value is -3.34. The average molecular weight is 407 g/mol. The zero-order chi connectivity index (χ0) is 19.7. The lowest BCUT2D eigenvalue weighted by Crippen LogP contribution is -2.11. The molecule has 0 spiro atoms. The maximum absolute atomic E-state index is 12.2. The number of hydrogen-bond donors (Lipinski definition) is 2. The molecule has 4 rings (SSSR count). The van der Waals surface area contributed by atoms with Crippen LogP contribution in [0.15, 0.2) is 36.8 Å². The summed E-state index contributed by atoms with van der Waals surface area (Å²) in [5, 5.41) is 14.0. The van der Waals surface area contributed by atoms with Crippen LogP contribution in [0.5, 0.6) is 5.88 Å². The quantitative estimate of drug-likeness (QED) is 0.504. The minimum atomic E-state index is -2.94. The van der Waals surface area contributed by atoms with Gasteiger partial charge >= 0.3 is 6.61 Å². The smallest absolute Gasteiger partial charge is 0.388 e. The molecule has 0 aliphatic rings. The molecule has 1 atom stereocenters. The molecule has 1 unspecified atom stereocenters. The Kier molecular flexibility index (Phi) is 4.74. The molecular formula is C16H13ClF2N8O. The van der Waals surface area contributed by atoms with E-state index in [9.17, 15) is 8.78 Å². The van der Waals surface area contributed by atoms with E-state index in [1.54, 1.807) is 29.2 Å². The van der Waals surface area contributed by atoms with Crippen LogP contribution < -0.4 is 10.1 Å². The number of H-pyrrole nitrogens is 1. The van der Waals surface area contributed by atoms with Crippen molar-refractivity contribution in [3.8, 4) is 5.88 Å². The molecule has 4 aromatic heterocycles. The number of halogens is 3. The van der Waals surface area contributed by atoms with E-state index >= 15 is 0 Å². The zero-order valence-electron chi connectivity index (χ0n) is 14.3. The first-order valence-corrected chi connectivity index (χ1v) is 8.46. The molecule has 4 heterocycles. The van der Waals surface area contributed by atoms with Gasteiger partial charge in [0.1, 0.15) is 5.52 Å². The highest BCUT2D eigenvalue weighted by atomic mass is 35.5. The Morgan fingerprint density at radius 1 is 1.21 bits per heavy atom. The molecule has 0 amide bonds. The van der Waals surface area contributed by atoms with Gasteiger partial charge in [-0.15, -0.1) is 0 Å². The molecule has 2 N–H and O–H groups in total. The van der Waals surface area contributed by atoms with Crippen molar-refractivity contribution >= 4 is 34.4 Å². The number of pyridine rings is 1. The van der Waals surface area contributed by atoms with Crippen molar-refractivity contribution in [3.05, 3.63) is 47.5 Å². The van der Waals surface area contributed by atoms with E-state index in [1.165, 1.54) is 12.3 Å². The molecule has 12 heteroatoms. The number of aromatic amines is 1. The number of rotatable bonds is 6. The van der Waals surface area contributed by atoms with Crippen molar-refractivity contribution in [3.63, 3.8) is 0 Å². The molecule has 28 heavy (non-hydrogen) atoms. The molecule has 0 radical (unpaired) electrons. The van der Waals surface area contributed by atoms with Gasteiger partial charge in [0.05, 0.1) is 24.1 Å². The topological polar surface area (TPSA) is 106 Å². The van der Waals surface area contributed by atoms with Crippen LogP contribution in [0.1, 0.15) is 18.7 Å². The lowest BCUT2D eigenvalue weighted by atomic mass is 10.2. The highest BCUT2D eigenvalue weighted by Gasteiger charge is 2.16. The van der Waals surface area contributed by atoms with Crippen LogP contribution in [0, 0.1) is 0 Å². The Morgan fingerprint density at radius 3 is 2.86 bits per heavy atom. The van der Waals surface area contributed by atoms with Crippen LogP contribution in [0.4, 0.5) is 20.4 Å². The summed E-state index contributed by atoms with van der Waals surface area (Å²) in [6, 6.07) is 4.49. The molecule has 0 aromatic carbocycles. The highest BCUT2D eigenvalue weighted by molar-refractivity contribution is 6.30. The van der Waals surface area contributed by atoms with Gasteiger partial charge in [0.25, 0.3) is 0 Å². The van der Waals surface area contributed by atoms with Crippen LogP contribution >= 0.6 is 11.6 Å². The molecule has 9 nitrogen and oxygen atoms in total. The number of nitrogens with zero attached hydrogens (tertiary/aromatic N) is 6. The number of fused-ring (bicyclic) bond motifs is 1. The normalized spacial score (nSPS) is 12.5. The van der Waals surface area contributed by atoms with E-state index in [2.05, 4.69) is 40.3 Å². The lowest BCUT2D eigenvalue weighted by Gasteiger charge is -2.13. The fraction of sp³-hybridized carbons (Fsp3) is 0.188. The number of ether oxygens (including phenoxy) is 1. The standard InChI is InChI=1S/C16H13ClF2N8O/c1-8(10-4-9(17)2-3-20-10)27-15-11(6-22-27)21-7-13(24-15)23-12-5-14(26-25-12)28-16(18)19/h2-8,16H,1H3,(H2,23,24,25,26). The summed E-state index contributed by atoms with van der Waals surface area (Å²) in [5.41, 5.74) is 1.82. The second kappa shape index (κ2) is 7.35. The van der Waals surface area contributed by atoms with E-state index in [0.717, 1.165) is 5.69 Å². The van der Waals surface area contributed by atoms with E-state index in [-0.39, 0.29) is 17.7 Å². The van der Waals surface area contributed by atoms with Gasteiger partial charge in [-0.3, -0.25) is 4.98 Å². The Labute approximate surface area is 161 Å². The van der Waals surface area contributed by atoms with E-state index in [0.29, 0.717) is 22.0 Å². The summed E-state index contributed by atoms with van der Waals surface area (Å²) in [7, 11) is 0. The number of aromatic nitrogens is 7. The average Bonchev–Trinajstić information content (AvgIpc) is 3.27. The molecule has 4 aromatic rings. The van der Waals surface area contributed by atoms with Gasteiger partial charge in [-0.05, 0) is 19.1 Å². The fourth-order valence-electron chi connectivity index (χ4n) is 2.59. The molecule has 0 aliphatic heterocycles. The largest absolute Gasteiger partial charge is 0.417 e. The van der Waals surface area contributed by atoms with Crippen LogP contribution in [-0.2, 0) is 0 Å². The summed E-state index contributed by atoms with van der Waals surface area (Å²) in [6.07, 6.45) is 4.70. The third-order valence-electron chi connectivity index (χ3n) is 3.87. The van der Waals surface area contributed by atoms with Crippen LogP contribution in [0.2, 0.25) is 5.02 Å². The molecule has 0 fully saturated rings. The molecule has 0 saturated heterocycles. The zero-order valence-corrected chi connectivity index (χ0v) is 15.1. The van der Waals surface area contributed by atoms with Gasteiger partial charge in [0, 0.05) is 17.3 Å². The summed E-state index contributed by atoms with van der Waals surface area (Å²) in [5.74, 6) is 0.438. The number of hydrogen-bond acceptors (Lipinski definition) is 7. The fourth-order valence-corrected chi connectivity index (χ4v) is 2.76. The summed E-state index contributed by atoms with van der Waals surface area (Å²) < 4.78 is 30.4. The Bertz CT molecular complexity index is 1110. The number of nitrogens with one attached hydrogen (secondary N) is 2. The Balaban J connectivity index is 1.62. The molecule has 0 aliphatic carbocycles. The van der Waals surface area contributed by atoms with Gasteiger partial charge < -0.3 is 10.1 Å². The number of anilines is 2. The molecule has 0 bridgehead atoms. The molecular weight excluding hydrogens is 394 g/mol. The predicted octanol–water partition coefficient (Wildman–Crippen LogP) is 3.55. The third kappa shape index (κ3) is 3.69. The minimum Gasteiger partial charge on any atom is -0.417 e. The monoisotopic (exact) mass is 406 g/mol. The molecule has 144 valence electrons. The van der Waals surface area contributed by atoms with Crippen molar-refractivity contribution in [2.24, 2.45) is 0 Å². The van der Waals surface area contributed by atoms with Crippen molar-refractivity contribution in [1.29, 1.82) is 0 Å². The Morgan fingerprint density at radius 2 is 2.07 bits per heavy atom. The first-order chi connectivity index (χ1) is 13.5. The SMILES string of the molecule is CC(c1cc(Cl)ccn1)n1ncc2ncc(Nc3cc(OC(F)F)[nH]n3)nc21. The van der Waals surface area contributed by atoms with Crippen LogP contribution in [0.3, 0.4) is 0 Å². The van der Waals surface area contributed by atoms with Crippen molar-refractivity contribution in [2.75, 3.05) is 5.32 Å². The maximum atomic E-state index is 12.2. The summed E-state index contributed by atoms with van der Waals surface area (Å²) in [4.78, 5) is 13.1. The van der Waals surface area contributed by atoms with Crippen molar-refractivity contribution < 1.29 is 13.5 Å².